The van der Waals surface area contributed by atoms with Crippen molar-refractivity contribution in [1.29, 1.82) is 0 Å². The van der Waals surface area contributed by atoms with Crippen molar-refractivity contribution in [2.24, 2.45) is 0 Å². The molecule has 1 heterocycles. The first-order valence-corrected chi connectivity index (χ1v) is 3.98. The first kappa shape index (κ1) is 8.58. The van der Waals surface area contributed by atoms with Gasteiger partial charge in [0.15, 0.2) is 6.29 Å². The SMILES string of the molecule is O=Cc1ccc(N(P)P)nc1. The third-order valence-electron chi connectivity index (χ3n) is 1.17. The first-order chi connectivity index (χ1) is 5.24. The minimum absolute atomic E-state index is 0.589. The second kappa shape index (κ2) is 3.75. The fourth-order valence-electron chi connectivity index (χ4n) is 0.620. The van der Waals surface area contributed by atoms with Crippen molar-refractivity contribution in [2.75, 3.05) is 4.44 Å². The number of hydrogen-bond donors (Lipinski definition) is 0. The lowest BCUT2D eigenvalue weighted by atomic mass is 10.3. The number of pyridine rings is 1. The van der Waals surface area contributed by atoms with E-state index >= 15 is 0 Å². The Morgan fingerprint density at radius 3 is 2.55 bits per heavy atom. The van der Waals surface area contributed by atoms with Crippen molar-refractivity contribution in [3.05, 3.63) is 23.9 Å². The number of carbonyl (C=O) groups excluding carboxylic acids is 1. The Labute approximate surface area is 69.7 Å². The summed E-state index contributed by atoms with van der Waals surface area (Å²) < 4.78 is 1.72. The maximum Gasteiger partial charge on any atom is 0.151 e. The van der Waals surface area contributed by atoms with E-state index in [9.17, 15) is 4.79 Å². The van der Waals surface area contributed by atoms with Crippen LogP contribution in [0.2, 0.25) is 0 Å². The van der Waals surface area contributed by atoms with Gasteiger partial charge in [-0.05, 0) is 30.9 Å². The molecule has 0 saturated carbocycles. The van der Waals surface area contributed by atoms with Crippen LogP contribution in [0.1, 0.15) is 10.4 Å². The van der Waals surface area contributed by atoms with Crippen molar-refractivity contribution in [2.45, 2.75) is 0 Å². The summed E-state index contributed by atoms with van der Waals surface area (Å²) in [6.45, 7) is 0. The van der Waals surface area contributed by atoms with Crippen LogP contribution >= 0.6 is 18.8 Å². The van der Waals surface area contributed by atoms with E-state index in [0.29, 0.717) is 5.56 Å². The molecule has 0 saturated heterocycles. The molecule has 0 bridgehead atoms. The molecule has 1 aromatic rings. The summed E-state index contributed by atoms with van der Waals surface area (Å²) in [5, 5.41) is 0. The minimum Gasteiger partial charge on any atom is -0.326 e. The Morgan fingerprint density at radius 1 is 1.45 bits per heavy atom. The monoisotopic (exact) mass is 186 g/mol. The summed E-state index contributed by atoms with van der Waals surface area (Å²) in [7, 11) is 4.90. The molecule has 58 valence electrons. The molecule has 0 radical (unpaired) electrons. The van der Waals surface area contributed by atoms with E-state index in [0.717, 1.165) is 12.1 Å². The molecule has 5 heteroatoms. The van der Waals surface area contributed by atoms with E-state index in [1.165, 1.54) is 6.20 Å². The molecule has 0 amide bonds. The van der Waals surface area contributed by atoms with Gasteiger partial charge in [0.1, 0.15) is 5.82 Å². The molecule has 11 heavy (non-hydrogen) atoms. The summed E-state index contributed by atoms with van der Waals surface area (Å²) in [5.41, 5.74) is 0.589. The van der Waals surface area contributed by atoms with Crippen molar-refractivity contribution in [3.8, 4) is 0 Å². The Balaban J connectivity index is 2.91. The fourth-order valence-corrected chi connectivity index (χ4v) is 0.925. The number of anilines is 1. The molecule has 0 aliphatic rings. The van der Waals surface area contributed by atoms with Crippen LogP contribution in [-0.4, -0.2) is 11.3 Å². The summed E-state index contributed by atoms with van der Waals surface area (Å²) in [6.07, 6.45) is 2.30. The molecular formula is C6H8N2OP2. The number of aromatic nitrogens is 1. The van der Waals surface area contributed by atoms with Crippen LogP contribution in [0.3, 0.4) is 0 Å². The number of aldehydes is 1. The molecule has 3 nitrogen and oxygen atoms in total. The van der Waals surface area contributed by atoms with E-state index in [2.05, 4.69) is 23.8 Å². The van der Waals surface area contributed by atoms with Gasteiger partial charge in [0, 0.05) is 11.8 Å². The van der Waals surface area contributed by atoms with Gasteiger partial charge in [-0.15, -0.1) is 0 Å². The molecular weight excluding hydrogens is 178 g/mol. The maximum atomic E-state index is 10.2. The summed E-state index contributed by atoms with van der Waals surface area (Å²) in [4.78, 5) is 14.2. The van der Waals surface area contributed by atoms with Gasteiger partial charge in [-0.1, -0.05) is 0 Å². The van der Waals surface area contributed by atoms with E-state index in [-0.39, 0.29) is 0 Å². The van der Waals surface area contributed by atoms with Crippen LogP contribution in [0.4, 0.5) is 5.82 Å². The van der Waals surface area contributed by atoms with E-state index in [1.807, 2.05) is 0 Å². The van der Waals surface area contributed by atoms with Crippen LogP contribution in [0.5, 0.6) is 0 Å². The molecule has 1 rings (SSSR count). The molecule has 0 aliphatic carbocycles. The zero-order valence-electron chi connectivity index (χ0n) is 5.77. The normalized spacial score (nSPS) is 9.27. The quantitative estimate of drug-likeness (QED) is 0.515. The average molecular weight is 186 g/mol. The standard InChI is InChI=1S/C6H8N2OP2/c9-4-5-1-2-6(7-3-5)8(10)11/h1-4H,10-11H2. The second-order valence-corrected chi connectivity index (χ2v) is 3.68. The number of carbonyl (C=O) groups is 1. The Morgan fingerprint density at radius 2 is 2.18 bits per heavy atom. The maximum absolute atomic E-state index is 10.2. The summed E-state index contributed by atoms with van der Waals surface area (Å²) in [5.74, 6) is 0.783. The van der Waals surface area contributed by atoms with Crippen molar-refractivity contribution in [1.82, 2.24) is 4.98 Å². The Kier molecular flexibility index (Phi) is 2.92. The summed E-state index contributed by atoms with van der Waals surface area (Å²) in [6, 6.07) is 3.49. The predicted octanol–water partition coefficient (Wildman–Crippen LogP) is 1.28. The van der Waals surface area contributed by atoms with Gasteiger partial charge in [-0.2, -0.15) is 0 Å². The third kappa shape index (κ3) is 2.21. The molecule has 2 atom stereocenters. The van der Waals surface area contributed by atoms with Crippen molar-refractivity contribution >= 4 is 30.9 Å². The Hall–Kier alpha value is -0.520. The topological polar surface area (TPSA) is 33.2 Å². The smallest absolute Gasteiger partial charge is 0.151 e. The van der Waals surface area contributed by atoms with Crippen molar-refractivity contribution in [3.63, 3.8) is 0 Å². The second-order valence-electron chi connectivity index (χ2n) is 1.97. The van der Waals surface area contributed by atoms with E-state index in [4.69, 9.17) is 0 Å². The zero-order chi connectivity index (χ0) is 8.27. The minimum atomic E-state index is 0.589. The highest BCUT2D eigenvalue weighted by Gasteiger charge is 1.95. The fraction of sp³-hybridized carbons (Fsp3) is 0. The highest BCUT2D eigenvalue weighted by Crippen LogP contribution is 2.18. The number of nitrogens with zero attached hydrogens (tertiary/aromatic N) is 2. The highest BCUT2D eigenvalue weighted by molar-refractivity contribution is 7.39. The average Bonchev–Trinajstić information content (AvgIpc) is 2.05. The van der Waals surface area contributed by atoms with Gasteiger partial charge in [0.2, 0.25) is 0 Å². The lowest BCUT2D eigenvalue weighted by Crippen LogP contribution is -1.93. The lowest BCUT2D eigenvalue weighted by molar-refractivity contribution is 0.112. The molecule has 2 unspecified atom stereocenters. The molecule has 0 aromatic carbocycles. The first-order valence-electron chi connectivity index (χ1n) is 2.95. The lowest BCUT2D eigenvalue weighted by Gasteiger charge is -2.08. The zero-order valence-corrected chi connectivity index (χ0v) is 8.08. The van der Waals surface area contributed by atoms with Gasteiger partial charge in [0.05, 0.1) is 0 Å². The molecule has 1 aromatic heterocycles. The summed E-state index contributed by atoms with van der Waals surface area (Å²) >= 11 is 0. The highest BCUT2D eigenvalue weighted by atomic mass is 31.1. The third-order valence-corrected chi connectivity index (χ3v) is 1.70. The van der Waals surface area contributed by atoms with Crippen LogP contribution in [0.25, 0.3) is 0 Å². The van der Waals surface area contributed by atoms with Gasteiger partial charge in [-0.3, -0.25) is 4.79 Å². The molecule has 0 N–H and O–H groups in total. The molecule has 0 aliphatic heterocycles. The number of hydrogen-bond acceptors (Lipinski definition) is 3. The predicted molar refractivity (Wildman–Crippen MR) is 51.5 cm³/mol. The number of rotatable bonds is 2. The molecule has 0 spiro atoms. The van der Waals surface area contributed by atoms with Crippen molar-refractivity contribution < 1.29 is 4.79 Å². The van der Waals surface area contributed by atoms with E-state index < -0.39 is 0 Å². The Bertz CT molecular complexity index is 247. The van der Waals surface area contributed by atoms with Crippen LogP contribution in [0.15, 0.2) is 18.3 Å². The van der Waals surface area contributed by atoms with Crippen LogP contribution in [-0.2, 0) is 0 Å². The molecule has 0 fully saturated rings. The van der Waals surface area contributed by atoms with Gasteiger partial charge in [-0.25, -0.2) is 4.98 Å². The van der Waals surface area contributed by atoms with Gasteiger partial charge in [0.25, 0.3) is 0 Å². The van der Waals surface area contributed by atoms with Gasteiger partial charge >= 0.3 is 0 Å². The van der Waals surface area contributed by atoms with E-state index in [1.54, 1.807) is 16.6 Å². The van der Waals surface area contributed by atoms with Crippen LogP contribution in [0, 0.1) is 0 Å². The van der Waals surface area contributed by atoms with Gasteiger partial charge < -0.3 is 4.44 Å². The largest absolute Gasteiger partial charge is 0.326 e. The van der Waals surface area contributed by atoms with Crippen LogP contribution < -0.4 is 4.44 Å².